The highest BCUT2D eigenvalue weighted by molar-refractivity contribution is 4.84. The number of nitrogens with zero attached hydrogens (tertiary/aromatic N) is 1. The van der Waals surface area contributed by atoms with Crippen LogP contribution in [0.1, 0.15) is 45.4 Å². The lowest BCUT2D eigenvalue weighted by Crippen LogP contribution is -2.32. The van der Waals surface area contributed by atoms with Crippen LogP contribution in [0.2, 0.25) is 0 Å². The van der Waals surface area contributed by atoms with Crippen molar-refractivity contribution in [2.75, 3.05) is 26.2 Å². The summed E-state index contributed by atoms with van der Waals surface area (Å²) in [5, 5.41) is 3.45. The summed E-state index contributed by atoms with van der Waals surface area (Å²) >= 11 is 0. The molecule has 2 aliphatic rings. The summed E-state index contributed by atoms with van der Waals surface area (Å²) < 4.78 is 0. The van der Waals surface area contributed by atoms with Gasteiger partial charge in [-0.2, -0.15) is 0 Å². The van der Waals surface area contributed by atoms with Gasteiger partial charge in [-0.15, -0.1) is 0 Å². The molecule has 1 aliphatic heterocycles. The summed E-state index contributed by atoms with van der Waals surface area (Å²) in [5.41, 5.74) is 0. The molecule has 2 heteroatoms. The van der Waals surface area contributed by atoms with Crippen LogP contribution in [-0.2, 0) is 0 Å². The molecule has 0 bridgehead atoms. The van der Waals surface area contributed by atoms with Gasteiger partial charge >= 0.3 is 0 Å². The predicted octanol–water partition coefficient (Wildman–Crippen LogP) is 2.25. The van der Waals surface area contributed by atoms with Gasteiger partial charge in [-0.05, 0) is 70.6 Å². The van der Waals surface area contributed by atoms with Crippen LogP contribution in [0.25, 0.3) is 0 Å². The summed E-state index contributed by atoms with van der Waals surface area (Å²) in [6.45, 7) is 7.50. The zero-order valence-electron chi connectivity index (χ0n) is 10.2. The lowest BCUT2D eigenvalue weighted by Gasteiger charge is -2.27. The average molecular weight is 210 g/mol. The van der Waals surface area contributed by atoms with E-state index < -0.39 is 0 Å². The Labute approximate surface area is 94.4 Å². The SMILES string of the molecule is CCCN(CCC1CCNCC1)C1CC1. The fraction of sp³-hybridized carbons (Fsp3) is 1.00. The van der Waals surface area contributed by atoms with E-state index >= 15 is 0 Å². The van der Waals surface area contributed by atoms with E-state index in [0.717, 1.165) is 12.0 Å². The number of rotatable bonds is 6. The Morgan fingerprint density at radius 3 is 2.40 bits per heavy atom. The molecule has 0 aromatic heterocycles. The van der Waals surface area contributed by atoms with Crippen LogP contribution in [-0.4, -0.2) is 37.1 Å². The van der Waals surface area contributed by atoms with Crippen LogP contribution in [0.4, 0.5) is 0 Å². The van der Waals surface area contributed by atoms with Crippen LogP contribution in [0, 0.1) is 5.92 Å². The Balaban J connectivity index is 1.65. The van der Waals surface area contributed by atoms with Crippen molar-refractivity contribution in [1.29, 1.82) is 0 Å². The molecule has 0 atom stereocenters. The Morgan fingerprint density at radius 1 is 1.07 bits per heavy atom. The van der Waals surface area contributed by atoms with E-state index in [9.17, 15) is 0 Å². The molecule has 1 aliphatic carbocycles. The van der Waals surface area contributed by atoms with Gasteiger partial charge in [0.05, 0.1) is 0 Å². The van der Waals surface area contributed by atoms with Gasteiger partial charge in [0, 0.05) is 6.04 Å². The van der Waals surface area contributed by atoms with E-state index in [2.05, 4.69) is 17.1 Å². The number of hydrogen-bond acceptors (Lipinski definition) is 2. The van der Waals surface area contributed by atoms with Gasteiger partial charge in [-0.25, -0.2) is 0 Å². The van der Waals surface area contributed by atoms with Crippen molar-refractivity contribution in [3.8, 4) is 0 Å². The normalized spacial score (nSPS) is 23.6. The summed E-state index contributed by atoms with van der Waals surface area (Å²) in [6, 6.07) is 0.965. The number of hydrogen-bond donors (Lipinski definition) is 1. The second-order valence-electron chi connectivity index (χ2n) is 5.25. The van der Waals surface area contributed by atoms with Gasteiger partial charge < -0.3 is 10.2 Å². The van der Waals surface area contributed by atoms with Crippen molar-refractivity contribution in [2.45, 2.75) is 51.5 Å². The smallest absolute Gasteiger partial charge is 0.00964 e. The fourth-order valence-electron chi connectivity index (χ4n) is 2.72. The van der Waals surface area contributed by atoms with E-state index in [0.29, 0.717) is 0 Å². The Morgan fingerprint density at radius 2 is 1.80 bits per heavy atom. The molecule has 0 aromatic carbocycles. The molecule has 2 fully saturated rings. The number of nitrogens with one attached hydrogen (secondary N) is 1. The molecule has 2 nitrogen and oxygen atoms in total. The molecule has 1 saturated heterocycles. The third kappa shape index (κ3) is 3.76. The summed E-state index contributed by atoms with van der Waals surface area (Å²) in [7, 11) is 0. The van der Waals surface area contributed by atoms with Crippen LogP contribution < -0.4 is 5.32 Å². The molecule has 1 N–H and O–H groups in total. The Hall–Kier alpha value is -0.0800. The molecule has 2 rings (SSSR count). The van der Waals surface area contributed by atoms with Gasteiger partial charge in [0.2, 0.25) is 0 Å². The van der Waals surface area contributed by atoms with Gasteiger partial charge in [-0.3, -0.25) is 0 Å². The summed E-state index contributed by atoms with van der Waals surface area (Å²) in [6.07, 6.45) is 8.51. The van der Waals surface area contributed by atoms with Gasteiger partial charge in [0.15, 0.2) is 0 Å². The van der Waals surface area contributed by atoms with E-state index in [1.54, 1.807) is 0 Å². The molecule has 0 aromatic rings. The van der Waals surface area contributed by atoms with E-state index in [-0.39, 0.29) is 0 Å². The van der Waals surface area contributed by atoms with Crippen molar-refractivity contribution in [3.63, 3.8) is 0 Å². The monoisotopic (exact) mass is 210 g/mol. The lowest BCUT2D eigenvalue weighted by molar-refractivity contribution is 0.227. The highest BCUT2D eigenvalue weighted by atomic mass is 15.2. The topological polar surface area (TPSA) is 15.3 Å². The first-order chi connectivity index (χ1) is 7.40. The summed E-state index contributed by atoms with van der Waals surface area (Å²) in [5.74, 6) is 1.00. The van der Waals surface area contributed by atoms with Crippen molar-refractivity contribution in [1.82, 2.24) is 10.2 Å². The highest BCUT2D eigenvalue weighted by Gasteiger charge is 2.28. The van der Waals surface area contributed by atoms with E-state index in [1.165, 1.54) is 64.7 Å². The molecule has 1 heterocycles. The quantitative estimate of drug-likeness (QED) is 0.723. The molecule has 0 spiro atoms. The Bertz CT molecular complexity index is 171. The number of piperidine rings is 1. The largest absolute Gasteiger partial charge is 0.317 e. The second kappa shape index (κ2) is 5.86. The standard InChI is InChI=1S/C13H26N2/c1-2-10-15(13-3-4-13)11-7-12-5-8-14-9-6-12/h12-14H,2-11H2,1H3. The van der Waals surface area contributed by atoms with Crippen LogP contribution in [0.15, 0.2) is 0 Å². The molecule has 0 unspecified atom stereocenters. The van der Waals surface area contributed by atoms with Crippen LogP contribution in [0.5, 0.6) is 0 Å². The molecule has 15 heavy (non-hydrogen) atoms. The van der Waals surface area contributed by atoms with E-state index in [1.807, 2.05) is 0 Å². The molecular formula is C13H26N2. The first-order valence-electron chi connectivity index (χ1n) is 6.85. The van der Waals surface area contributed by atoms with Gasteiger partial charge in [-0.1, -0.05) is 6.92 Å². The van der Waals surface area contributed by atoms with Gasteiger partial charge in [0.1, 0.15) is 0 Å². The molecule has 88 valence electrons. The third-order valence-electron chi connectivity index (χ3n) is 3.86. The average Bonchev–Trinajstić information content (AvgIpc) is 3.09. The van der Waals surface area contributed by atoms with Crippen molar-refractivity contribution < 1.29 is 0 Å². The molecular weight excluding hydrogens is 184 g/mol. The van der Waals surface area contributed by atoms with Crippen molar-refractivity contribution in [3.05, 3.63) is 0 Å². The minimum atomic E-state index is 0.965. The maximum absolute atomic E-state index is 3.45. The molecule has 0 amide bonds. The zero-order chi connectivity index (χ0) is 10.5. The minimum absolute atomic E-state index is 0.965. The molecule has 0 radical (unpaired) electrons. The maximum atomic E-state index is 3.45. The second-order valence-corrected chi connectivity index (χ2v) is 5.25. The zero-order valence-corrected chi connectivity index (χ0v) is 10.2. The summed E-state index contributed by atoms with van der Waals surface area (Å²) in [4.78, 5) is 2.74. The first kappa shape index (κ1) is 11.4. The maximum Gasteiger partial charge on any atom is 0.00964 e. The lowest BCUT2D eigenvalue weighted by atomic mass is 9.94. The minimum Gasteiger partial charge on any atom is -0.317 e. The van der Waals surface area contributed by atoms with Crippen molar-refractivity contribution >= 4 is 0 Å². The predicted molar refractivity (Wildman–Crippen MR) is 65.1 cm³/mol. The van der Waals surface area contributed by atoms with Crippen molar-refractivity contribution in [2.24, 2.45) is 5.92 Å². The first-order valence-corrected chi connectivity index (χ1v) is 6.85. The van der Waals surface area contributed by atoms with Crippen LogP contribution in [0.3, 0.4) is 0 Å². The van der Waals surface area contributed by atoms with Crippen LogP contribution >= 0.6 is 0 Å². The highest BCUT2D eigenvalue weighted by Crippen LogP contribution is 2.28. The third-order valence-corrected chi connectivity index (χ3v) is 3.86. The van der Waals surface area contributed by atoms with E-state index in [4.69, 9.17) is 0 Å². The Kier molecular flexibility index (Phi) is 4.45. The fourth-order valence-corrected chi connectivity index (χ4v) is 2.72. The van der Waals surface area contributed by atoms with Gasteiger partial charge in [0.25, 0.3) is 0 Å². The molecule has 1 saturated carbocycles.